The zero-order chi connectivity index (χ0) is 18.9. The molecule has 1 amide bonds. The summed E-state index contributed by atoms with van der Waals surface area (Å²) in [4.78, 5) is 12.7. The second-order valence-electron chi connectivity index (χ2n) is 6.58. The minimum absolute atomic E-state index is 0. The lowest BCUT2D eigenvalue weighted by Crippen LogP contribution is -2.46. The molecule has 1 aliphatic heterocycles. The Bertz CT molecular complexity index is 920. The molecule has 0 radical (unpaired) electrons. The third kappa shape index (κ3) is 4.60. The number of benzene rings is 1. The van der Waals surface area contributed by atoms with E-state index in [0.717, 1.165) is 5.56 Å². The molecule has 0 aliphatic carbocycles. The van der Waals surface area contributed by atoms with Crippen LogP contribution in [0.1, 0.15) is 28.8 Å². The Hall–Kier alpha value is -2.10. The van der Waals surface area contributed by atoms with Gasteiger partial charge in [0.15, 0.2) is 0 Å². The first-order valence-corrected chi connectivity index (χ1v) is 9.87. The van der Waals surface area contributed by atoms with Gasteiger partial charge >= 0.3 is 0 Å². The van der Waals surface area contributed by atoms with Crippen LogP contribution in [0.4, 0.5) is 5.69 Å². The van der Waals surface area contributed by atoms with E-state index in [1.807, 2.05) is 13.0 Å². The van der Waals surface area contributed by atoms with Crippen LogP contribution in [-0.2, 0) is 17.1 Å². The molecule has 1 aromatic carbocycles. The number of aryl methyl sites for hydroxylation is 2. The van der Waals surface area contributed by atoms with Crippen LogP contribution in [-0.4, -0.2) is 47.5 Å². The van der Waals surface area contributed by atoms with E-state index >= 15 is 0 Å². The van der Waals surface area contributed by atoms with Crippen LogP contribution in [0.3, 0.4) is 0 Å². The Morgan fingerprint density at radius 2 is 1.96 bits per heavy atom. The quantitative estimate of drug-likeness (QED) is 0.734. The highest BCUT2D eigenvalue weighted by molar-refractivity contribution is 7.89. The summed E-state index contributed by atoms with van der Waals surface area (Å²) in [5.74, 6) is -0.177. The first-order chi connectivity index (χ1) is 12.3. The Labute approximate surface area is 165 Å². The maximum Gasteiger partial charge on any atom is 0.251 e. The van der Waals surface area contributed by atoms with Gasteiger partial charge in [0.2, 0.25) is 10.0 Å². The van der Waals surface area contributed by atoms with Gasteiger partial charge in [-0.15, -0.1) is 12.4 Å². The van der Waals surface area contributed by atoms with Crippen molar-refractivity contribution < 1.29 is 13.2 Å². The molecule has 1 saturated heterocycles. The molecule has 27 heavy (non-hydrogen) atoms. The molecule has 3 rings (SSSR count). The number of rotatable bonds is 4. The molecule has 0 spiro atoms. The average molecular weight is 414 g/mol. The lowest BCUT2D eigenvalue weighted by atomic mass is 10.0. The van der Waals surface area contributed by atoms with Crippen molar-refractivity contribution in [2.45, 2.75) is 30.7 Å². The van der Waals surface area contributed by atoms with Gasteiger partial charge in [0.1, 0.15) is 4.90 Å². The van der Waals surface area contributed by atoms with Crippen molar-refractivity contribution in [1.29, 1.82) is 0 Å². The minimum Gasteiger partial charge on any atom is -0.399 e. The number of nitrogens with two attached hydrogens (primary N) is 1. The molecule has 0 atom stereocenters. The number of aromatic nitrogens is 2. The standard InChI is InChI=1S/C17H23N5O3S.ClH/c1-12-3-4-13(18)9-16(12)17(23)20-14-5-7-22(8-6-14)26(24,25)15-10-19-21(2)11-15;/h3-4,9-11,14H,5-8,18H2,1-2H3,(H,20,23);1H. The number of halogens is 1. The van der Waals surface area contributed by atoms with Crippen molar-refractivity contribution in [1.82, 2.24) is 19.4 Å². The molecular weight excluding hydrogens is 390 g/mol. The molecule has 148 valence electrons. The molecule has 3 N–H and O–H groups in total. The molecule has 8 nitrogen and oxygen atoms in total. The number of nitrogen functional groups attached to an aromatic ring is 1. The largest absolute Gasteiger partial charge is 0.399 e. The van der Waals surface area contributed by atoms with Crippen molar-refractivity contribution in [3.05, 3.63) is 41.7 Å². The number of hydrogen-bond donors (Lipinski definition) is 2. The number of carbonyl (C=O) groups excluding carboxylic acids is 1. The van der Waals surface area contributed by atoms with Crippen LogP contribution < -0.4 is 11.1 Å². The highest BCUT2D eigenvalue weighted by Gasteiger charge is 2.31. The Kier molecular flexibility index (Phi) is 6.50. The molecular formula is C17H24ClN5O3S. The highest BCUT2D eigenvalue weighted by atomic mass is 35.5. The van der Waals surface area contributed by atoms with E-state index in [-0.39, 0.29) is 29.3 Å². The minimum atomic E-state index is -3.54. The molecule has 1 aromatic heterocycles. The Morgan fingerprint density at radius 3 is 2.56 bits per heavy atom. The van der Waals surface area contributed by atoms with E-state index in [4.69, 9.17) is 5.73 Å². The lowest BCUT2D eigenvalue weighted by molar-refractivity contribution is 0.0923. The summed E-state index contributed by atoms with van der Waals surface area (Å²) in [5.41, 5.74) is 7.71. The number of piperidine rings is 1. The number of amides is 1. The van der Waals surface area contributed by atoms with Gasteiger partial charge in [-0.25, -0.2) is 8.42 Å². The zero-order valence-electron chi connectivity index (χ0n) is 15.3. The number of carbonyl (C=O) groups is 1. The predicted molar refractivity (Wildman–Crippen MR) is 105 cm³/mol. The van der Waals surface area contributed by atoms with Gasteiger partial charge in [0, 0.05) is 43.6 Å². The molecule has 1 fully saturated rings. The van der Waals surface area contributed by atoms with Crippen LogP contribution in [0.5, 0.6) is 0 Å². The second-order valence-corrected chi connectivity index (χ2v) is 8.51. The SMILES string of the molecule is Cc1ccc(N)cc1C(=O)NC1CCN(S(=O)(=O)c2cnn(C)c2)CC1.Cl. The van der Waals surface area contributed by atoms with Gasteiger partial charge in [0.25, 0.3) is 5.91 Å². The number of sulfonamides is 1. The number of anilines is 1. The molecule has 0 saturated carbocycles. The molecule has 1 aliphatic rings. The second kappa shape index (κ2) is 8.28. The third-order valence-electron chi connectivity index (χ3n) is 4.61. The van der Waals surface area contributed by atoms with E-state index in [9.17, 15) is 13.2 Å². The summed E-state index contributed by atoms with van der Waals surface area (Å²) in [6, 6.07) is 5.16. The zero-order valence-corrected chi connectivity index (χ0v) is 16.9. The Balaban J connectivity index is 0.00000261. The van der Waals surface area contributed by atoms with E-state index in [0.29, 0.717) is 37.2 Å². The van der Waals surface area contributed by atoms with Gasteiger partial charge in [-0.3, -0.25) is 9.48 Å². The first-order valence-electron chi connectivity index (χ1n) is 8.43. The van der Waals surface area contributed by atoms with E-state index < -0.39 is 10.0 Å². The van der Waals surface area contributed by atoms with Gasteiger partial charge in [0.05, 0.1) is 6.20 Å². The predicted octanol–water partition coefficient (Wildman–Crippen LogP) is 1.32. The fraction of sp³-hybridized carbons (Fsp3) is 0.412. The van der Waals surface area contributed by atoms with Gasteiger partial charge < -0.3 is 11.1 Å². The van der Waals surface area contributed by atoms with Crippen LogP contribution >= 0.6 is 12.4 Å². The lowest BCUT2D eigenvalue weighted by Gasteiger charge is -2.31. The van der Waals surface area contributed by atoms with Gasteiger partial charge in [-0.05, 0) is 37.5 Å². The summed E-state index contributed by atoms with van der Waals surface area (Å²) in [6.07, 6.45) is 3.97. The third-order valence-corrected chi connectivity index (χ3v) is 6.47. The van der Waals surface area contributed by atoms with Crippen LogP contribution in [0.2, 0.25) is 0 Å². The monoisotopic (exact) mass is 413 g/mol. The number of hydrogen-bond acceptors (Lipinski definition) is 5. The van der Waals surface area contributed by atoms with Crippen LogP contribution in [0.15, 0.2) is 35.5 Å². The van der Waals surface area contributed by atoms with Gasteiger partial charge in [-0.1, -0.05) is 6.07 Å². The normalized spacial score (nSPS) is 15.9. The maximum absolute atomic E-state index is 12.6. The summed E-state index contributed by atoms with van der Waals surface area (Å²) < 4.78 is 28.1. The maximum atomic E-state index is 12.6. The Morgan fingerprint density at radius 1 is 1.30 bits per heavy atom. The average Bonchev–Trinajstić information content (AvgIpc) is 3.05. The van der Waals surface area contributed by atoms with Crippen LogP contribution in [0, 0.1) is 6.92 Å². The fourth-order valence-corrected chi connectivity index (χ4v) is 4.52. The van der Waals surface area contributed by atoms with E-state index in [1.165, 1.54) is 21.4 Å². The van der Waals surface area contributed by atoms with E-state index in [1.54, 1.807) is 19.2 Å². The van der Waals surface area contributed by atoms with Crippen LogP contribution in [0.25, 0.3) is 0 Å². The van der Waals surface area contributed by atoms with Crippen molar-refractivity contribution in [3.8, 4) is 0 Å². The smallest absolute Gasteiger partial charge is 0.251 e. The molecule has 2 heterocycles. The van der Waals surface area contributed by atoms with E-state index in [2.05, 4.69) is 10.4 Å². The summed E-state index contributed by atoms with van der Waals surface area (Å²) in [6.45, 7) is 2.58. The number of nitrogens with zero attached hydrogens (tertiary/aromatic N) is 3. The van der Waals surface area contributed by atoms with Gasteiger partial charge in [-0.2, -0.15) is 9.40 Å². The highest BCUT2D eigenvalue weighted by Crippen LogP contribution is 2.21. The molecule has 2 aromatic rings. The molecule has 0 unspecified atom stereocenters. The first kappa shape index (κ1) is 21.2. The van der Waals surface area contributed by atoms with Crippen molar-refractivity contribution in [2.24, 2.45) is 7.05 Å². The molecule has 0 bridgehead atoms. The fourth-order valence-electron chi connectivity index (χ4n) is 3.07. The topological polar surface area (TPSA) is 110 Å². The summed E-state index contributed by atoms with van der Waals surface area (Å²) in [5, 5.41) is 6.91. The van der Waals surface area contributed by atoms with Crippen molar-refractivity contribution in [2.75, 3.05) is 18.8 Å². The summed E-state index contributed by atoms with van der Waals surface area (Å²) >= 11 is 0. The molecule has 10 heteroatoms. The van der Waals surface area contributed by atoms with Crippen molar-refractivity contribution >= 4 is 34.0 Å². The van der Waals surface area contributed by atoms with Crippen molar-refractivity contribution in [3.63, 3.8) is 0 Å². The number of nitrogens with one attached hydrogen (secondary N) is 1. The summed E-state index contributed by atoms with van der Waals surface area (Å²) in [7, 11) is -1.86.